The van der Waals surface area contributed by atoms with E-state index in [1.165, 1.54) is 0 Å². The molecule has 190 valence electrons. The Morgan fingerprint density at radius 2 is 2.03 bits per heavy atom. The van der Waals surface area contributed by atoms with Gasteiger partial charge in [0, 0.05) is 45.0 Å². The number of nitrogens with zero attached hydrogens (tertiary/aromatic N) is 5. The highest BCUT2D eigenvalue weighted by Crippen LogP contribution is 2.39. The molecule has 1 N–H and O–H groups in total. The summed E-state index contributed by atoms with van der Waals surface area (Å²) in [7, 11) is -1.13. The van der Waals surface area contributed by atoms with Crippen LogP contribution >= 0.6 is 0 Å². The van der Waals surface area contributed by atoms with Gasteiger partial charge in [0.05, 0.1) is 30.5 Å². The van der Waals surface area contributed by atoms with Gasteiger partial charge >= 0.3 is 0 Å². The lowest BCUT2D eigenvalue weighted by Crippen LogP contribution is -2.51. The van der Waals surface area contributed by atoms with E-state index < -0.39 is 8.07 Å². The molecule has 8 nitrogen and oxygen atoms in total. The van der Waals surface area contributed by atoms with E-state index in [1.807, 2.05) is 18.0 Å². The third-order valence-corrected chi connectivity index (χ3v) is 9.09. The van der Waals surface area contributed by atoms with Crippen molar-refractivity contribution in [3.8, 4) is 6.07 Å². The molecule has 3 heterocycles. The normalized spacial score (nSPS) is 20.8. The van der Waals surface area contributed by atoms with Gasteiger partial charge in [0.1, 0.15) is 12.4 Å². The van der Waals surface area contributed by atoms with Crippen LogP contribution in [0.1, 0.15) is 43.0 Å². The van der Waals surface area contributed by atoms with E-state index in [0.717, 1.165) is 61.6 Å². The molecule has 0 unspecified atom stereocenters. The zero-order valence-corrected chi connectivity index (χ0v) is 22.7. The van der Waals surface area contributed by atoms with Gasteiger partial charge in [-0.1, -0.05) is 19.6 Å². The van der Waals surface area contributed by atoms with Crippen LogP contribution in [0.3, 0.4) is 0 Å². The predicted molar refractivity (Wildman–Crippen MR) is 142 cm³/mol. The van der Waals surface area contributed by atoms with E-state index in [1.54, 1.807) is 6.20 Å². The Bertz CT molecular complexity index is 1060. The van der Waals surface area contributed by atoms with Crippen LogP contribution in [0.4, 0.5) is 5.69 Å². The van der Waals surface area contributed by atoms with Gasteiger partial charge in [0.2, 0.25) is 0 Å². The van der Waals surface area contributed by atoms with Crippen molar-refractivity contribution in [3.63, 3.8) is 0 Å². The molecule has 1 saturated carbocycles. The summed E-state index contributed by atoms with van der Waals surface area (Å²) < 4.78 is 8.06. The number of ether oxygens (including phenoxy) is 1. The highest BCUT2D eigenvalue weighted by molar-refractivity contribution is 6.76. The molecule has 0 bridgehead atoms. The molecular weight excluding hydrogens is 456 g/mol. The van der Waals surface area contributed by atoms with Crippen molar-refractivity contribution >= 4 is 30.7 Å². The van der Waals surface area contributed by atoms with Gasteiger partial charge in [0.15, 0.2) is 0 Å². The molecule has 2 aliphatic rings. The highest BCUT2D eigenvalue weighted by atomic mass is 28.3. The summed E-state index contributed by atoms with van der Waals surface area (Å²) >= 11 is 0. The molecule has 1 aliphatic heterocycles. The molecule has 9 heteroatoms. The Hall–Kier alpha value is -2.41. The van der Waals surface area contributed by atoms with E-state index in [2.05, 4.69) is 46.6 Å². The Labute approximate surface area is 210 Å². The summed E-state index contributed by atoms with van der Waals surface area (Å²) in [6.07, 6.45) is 8.26. The van der Waals surface area contributed by atoms with E-state index in [0.29, 0.717) is 44.0 Å². The largest absolute Gasteiger partial charge is 0.361 e. The van der Waals surface area contributed by atoms with Crippen LogP contribution in [0.25, 0.3) is 11.0 Å². The van der Waals surface area contributed by atoms with E-state index in [4.69, 9.17) is 15.0 Å². The first-order valence-electron chi connectivity index (χ1n) is 13.0. The Morgan fingerprint density at radius 3 is 2.71 bits per heavy atom. The van der Waals surface area contributed by atoms with Crippen molar-refractivity contribution in [1.82, 2.24) is 19.8 Å². The number of hydrogen-bond acceptors (Lipinski definition) is 6. The molecule has 1 amide bonds. The van der Waals surface area contributed by atoms with Crippen LogP contribution in [0, 0.1) is 17.2 Å². The Kier molecular flexibility index (Phi) is 8.15. The molecule has 0 spiro atoms. The third-order valence-electron chi connectivity index (χ3n) is 7.39. The third kappa shape index (κ3) is 5.88. The van der Waals surface area contributed by atoms with Crippen LogP contribution in [0.15, 0.2) is 18.5 Å². The van der Waals surface area contributed by atoms with Gasteiger partial charge in [-0.3, -0.25) is 4.79 Å². The maximum Gasteiger partial charge on any atom is 0.258 e. The number of nitriles is 1. The maximum atomic E-state index is 13.2. The molecule has 4 rings (SSSR count). The van der Waals surface area contributed by atoms with E-state index >= 15 is 0 Å². The van der Waals surface area contributed by atoms with E-state index in [9.17, 15) is 4.79 Å². The molecule has 35 heavy (non-hydrogen) atoms. The molecule has 2 aromatic heterocycles. The lowest BCUT2D eigenvalue weighted by atomic mass is 9.84. The number of nitrogens with one attached hydrogen (secondary N) is 1. The predicted octanol–water partition coefficient (Wildman–Crippen LogP) is 4.26. The second kappa shape index (κ2) is 11.1. The molecule has 2 aromatic rings. The van der Waals surface area contributed by atoms with Gasteiger partial charge in [-0.2, -0.15) is 5.26 Å². The summed E-state index contributed by atoms with van der Waals surface area (Å²) in [5, 5.41) is 13.1. The van der Waals surface area contributed by atoms with Crippen molar-refractivity contribution in [1.29, 1.82) is 5.26 Å². The van der Waals surface area contributed by atoms with Gasteiger partial charge in [-0.25, -0.2) is 4.98 Å². The number of amides is 1. The first-order chi connectivity index (χ1) is 16.8. The lowest BCUT2D eigenvalue weighted by Gasteiger charge is -2.44. The molecule has 1 fully saturated rings. The summed E-state index contributed by atoms with van der Waals surface area (Å²) in [5.74, 6) is 0.682. The van der Waals surface area contributed by atoms with Crippen LogP contribution in [-0.4, -0.2) is 67.4 Å². The van der Waals surface area contributed by atoms with Crippen molar-refractivity contribution in [2.75, 3.05) is 37.8 Å². The number of carbonyl (C=O) groups excluding carboxylic acids is 1. The monoisotopic (exact) mass is 496 g/mol. The van der Waals surface area contributed by atoms with Crippen molar-refractivity contribution in [3.05, 3.63) is 24.0 Å². The maximum absolute atomic E-state index is 13.2. The van der Waals surface area contributed by atoms with Crippen molar-refractivity contribution in [2.45, 2.75) is 71.1 Å². The summed E-state index contributed by atoms with van der Waals surface area (Å²) in [6.45, 7) is 13.0. The number of anilines is 1. The number of carbonyl (C=O) groups is 1. The molecule has 0 atom stereocenters. The van der Waals surface area contributed by atoms with Crippen LogP contribution in [-0.2, 0) is 11.5 Å². The standard InChI is InChI=1S/C26H40N6O2Si/c1-5-30-18-32(21-8-6-20(7-9-21)16-28-12-11-27)24-22-10-13-31(19-34-14-15-35(2,3)4)25(22)29-17-23(24)26(30)33/h10,13,17,20-21,28H,5-9,12,14-16,18-19H2,1-4H3. The number of hydrogen-bond donors (Lipinski definition) is 1. The van der Waals surface area contributed by atoms with Crippen molar-refractivity contribution in [2.24, 2.45) is 5.92 Å². The smallest absolute Gasteiger partial charge is 0.258 e. The van der Waals surface area contributed by atoms with Crippen molar-refractivity contribution < 1.29 is 9.53 Å². The summed E-state index contributed by atoms with van der Waals surface area (Å²) in [6, 6.07) is 5.79. The Balaban J connectivity index is 1.55. The first kappa shape index (κ1) is 25.7. The number of pyridine rings is 1. The topological polar surface area (TPSA) is 86.4 Å². The Morgan fingerprint density at radius 1 is 1.26 bits per heavy atom. The fraction of sp³-hybridized carbons (Fsp3) is 0.654. The molecule has 0 radical (unpaired) electrons. The van der Waals surface area contributed by atoms with Gasteiger partial charge in [-0.15, -0.1) is 0 Å². The zero-order valence-electron chi connectivity index (χ0n) is 21.7. The average molecular weight is 497 g/mol. The number of fused-ring (bicyclic) bond motifs is 3. The first-order valence-corrected chi connectivity index (χ1v) is 16.7. The number of aromatic nitrogens is 2. The summed E-state index contributed by atoms with van der Waals surface area (Å²) in [4.78, 5) is 22.3. The molecular formula is C26H40N6O2Si. The average Bonchev–Trinajstić information content (AvgIpc) is 3.25. The minimum Gasteiger partial charge on any atom is -0.361 e. The molecule has 1 aliphatic carbocycles. The SMILES string of the molecule is CCN1CN(C2CCC(CNCC#N)CC2)c2c(cnc3c2ccn3COCC[Si](C)(C)C)C1=O. The second-order valence-corrected chi connectivity index (χ2v) is 16.7. The zero-order chi connectivity index (χ0) is 25.0. The molecule has 0 aromatic carbocycles. The van der Waals surface area contributed by atoms with Gasteiger partial charge in [0.25, 0.3) is 5.91 Å². The van der Waals surface area contributed by atoms with E-state index in [-0.39, 0.29) is 5.91 Å². The minimum atomic E-state index is -1.13. The lowest BCUT2D eigenvalue weighted by molar-refractivity contribution is 0.0741. The number of rotatable bonds is 10. The van der Waals surface area contributed by atoms with Crippen LogP contribution in [0.5, 0.6) is 0 Å². The fourth-order valence-electron chi connectivity index (χ4n) is 5.26. The van der Waals surface area contributed by atoms with Gasteiger partial charge < -0.3 is 24.4 Å². The highest BCUT2D eigenvalue weighted by Gasteiger charge is 2.36. The quantitative estimate of drug-likeness (QED) is 0.300. The van der Waals surface area contributed by atoms with Crippen LogP contribution < -0.4 is 10.2 Å². The molecule has 0 saturated heterocycles. The fourth-order valence-corrected chi connectivity index (χ4v) is 6.02. The van der Waals surface area contributed by atoms with Crippen LogP contribution in [0.2, 0.25) is 25.7 Å². The van der Waals surface area contributed by atoms with Gasteiger partial charge in [-0.05, 0) is 57.2 Å². The summed E-state index contributed by atoms with van der Waals surface area (Å²) in [5.41, 5.74) is 2.63. The minimum absolute atomic E-state index is 0.0710. The second-order valence-electron chi connectivity index (χ2n) is 11.1.